The summed E-state index contributed by atoms with van der Waals surface area (Å²) < 4.78 is 0. The molecule has 0 bridgehead atoms. The Morgan fingerprint density at radius 1 is 0.950 bits per heavy atom. The largest absolute Gasteiger partial charge is 0.117 e. The van der Waals surface area contributed by atoms with E-state index in [2.05, 4.69) is 72.4 Å². The maximum Gasteiger partial charge on any atom is 0.0457 e. The van der Waals surface area contributed by atoms with Gasteiger partial charge in [-0.3, -0.25) is 0 Å². The van der Waals surface area contributed by atoms with Crippen molar-refractivity contribution in [1.82, 2.24) is 0 Å². The summed E-state index contributed by atoms with van der Waals surface area (Å²) in [5.74, 6) is 0.557. The van der Waals surface area contributed by atoms with E-state index in [9.17, 15) is 0 Å². The molecular weight excluding hydrogens is 260 g/mol. The van der Waals surface area contributed by atoms with Crippen LogP contribution < -0.4 is 0 Å². The number of allylic oxidation sites excluding steroid dienone is 3. The molecule has 0 saturated carbocycles. The highest BCUT2D eigenvalue weighted by Crippen LogP contribution is 2.56. The van der Waals surface area contributed by atoms with E-state index >= 15 is 0 Å². The molecule has 0 amide bonds. The first-order valence-corrected chi connectivity index (χ1v) is 8.05. The van der Waals surface area contributed by atoms with Crippen molar-refractivity contribution in [3.63, 3.8) is 0 Å². The van der Waals surface area contributed by atoms with Gasteiger partial charge >= 0.3 is 0 Å². The van der Waals surface area contributed by atoms with E-state index in [0.29, 0.717) is 11.2 Å². The summed E-state index contributed by atoms with van der Waals surface area (Å²) in [6.07, 6.45) is 5.91. The maximum absolute atomic E-state index is 2.42. The van der Waals surface area contributed by atoms with Gasteiger partial charge in [0.15, 0.2) is 0 Å². The third-order valence-corrected chi connectivity index (χ3v) is 6.09. The Labute approximate surface area is 123 Å². The van der Waals surface area contributed by atoms with Crippen LogP contribution in [0, 0.1) is 0 Å². The molecule has 1 heterocycles. The zero-order valence-electron chi connectivity index (χ0n) is 11.0. The summed E-state index contributed by atoms with van der Waals surface area (Å²) in [6, 6.07) is 17.8. The number of rotatable bonds is 0. The lowest BCUT2D eigenvalue weighted by molar-refractivity contribution is 0.888. The van der Waals surface area contributed by atoms with Gasteiger partial charge in [-0.1, -0.05) is 54.6 Å². The van der Waals surface area contributed by atoms with Gasteiger partial charge in [0, 0.05) is 16.1 Å². The molecule has 0 saturated heterocycles. The predicted octanol–water partition coefficient (Wildman–Crippen LogP) is 4.82. The van der Waals surface area contributed by atoms with Gasteiger partial charge in [0.2, 0.25) is 0 Å². The van der Waals surface area contributed by atoms with Crippen LogP contribution in [0.2, 0.25) is 0 Å². The van der Waals surface area contributed by atoms with Crippen molar-refractivity contribution in [3.8, 4) is 0 Å². The summed E-state index contributed by atoms with van der Waals surface area (Å²) in [6.45, 7) is 0. The Morgan fingerprint density at radius 3 is 2.80 bits per heavy atom. The van der Waals surface area contributed by atoms with Crippen LogP contribution in [0.3, 0.4) is 0 Å². The zero-order chi connectivity index (χ0) is 13.1. The van der Waals surface area contributed by atoms with Crippen molar-refractivity contribution in [2.24, 2.45) is 0 Å². The molecule has 1 heteroatoms. The quantitative estimate of drug-likeness (QED) is 0.663. The minimum absolute atomic E-state index is 0.557. The summed E-state index contributed by atoms with van der Waals surface area (Å²) in [4.78, 5) is 1.46. The second-order valence-corrected chi connectivity index (χ2v) is 6.92. The highest BCUT2D eigenvalue weighted by atomic mass is 32.2. The first-order chi connectivity index (χ1) is 9.92. The van der Waals surface area contributed by atoms with Crippen LogP contribution in [0.25, 0.3) is 5.57 Å². The third-order valence-electron chi connectivity index (χ3n) is 4.68. The van der Waals surface area contributed by atoms with Gasteiger partial charge in [0.1, 0.15) is 0 Å². The van der Waals surface area contributed by atoms with E-state index < -0.39 is 0 Å². The number of hydrogen-bond acceptors (Lipinski definition) is 1. The van der Waals surface area contributed by atoms with Gasteiger partial charge in [-0.2, -0.15) is 0 Å². The molecule has 2 aliphatic carbocycles. The molecule has 2 aromatic carbocycles. The number of fused-ring (bicyclic) bond motifs is 6. The van der Waals surface area contributed by atoms with Crippen LogP contribution in [0.5, 0.6) is 0 Å². The van der Waals surface area contributed by atoms with Crippen LogP contribution >= 0.6 is 11.8 Å². The molecule has 0 nitrogen and oxygen atoms in total. The first kappa shape index (κ1) is 11.0. The van der Waals surface area contributed by atoms with E-state index in [1.54, 1.807) is 5.57 Å². The van der Waals surface area contributed by atoms with Crippen molar-refractivity contribution in [2.45, 2.75) is 22.5 Å². The van der Waals surface area contributed by atoms with E-state index in [1.165, 1.54) is 27.2 Å². The van der Waals surface area contributed by atoms with Crippen molar-refractivity contribution in [3.05, 3.63) is 82.9 Å². The summed E-state index contributed by atoms with van der Waals surface area (Å²) in [5.41, 5.74) is 7.62. The summed E-state index contributed by atoms with van der Waals surface area (Å²) in [7, 11) is 0. The monoisotopic (exact) mass is 274 g/mol. The smallest absolute Gasteiger partial charge is 0.0457 e. The predicted molar refractivity (Wildman–Crippen MR) is 85.0 cm³/mol. The molecular formula is C19H14S. The minimum atomic E-state index is 0.557. The molecule has 96 valence electrons. The SMILES string of the molecule is C1=CC2c3ccccc3SC2C2=C1Cc1ccccc12. The van der Waals surface area contributed by atoms with Gasteiger partial charge in [-0.15, -0.1) is 11.8 Å². The maximum atomic E-state index is 2.42. The number of hydrogen-bond donors (Lipinski definition) is 0. The highest BCUT2D eigenvalue weighted by molar-refractivity contribution is 8.00. The lowest BCUT2D eigenvalue weighted by Gasteiger charge is -2.23. The molecule has 5 rings (SSSR count). The second kappa shape index (κ2) is 3.89. The fraction of sp³-hybridized carbons (Fsp3) is 0.158. The Kier molecular flexibility index (Phi) is 2.14. The molecule has 2 atom stereocenters. The van der Waals surface area contributed by atoms with E-state index in [-0.39, 0.29) is 0 Å². The molecule has 0 spiro atoms. The average molecular weight is 274 g/mol. The lowest BCUT2D eigenvalue weighted by atomic mass is 9.84. The first-order valence-electron chi connectivity index (χ1n) is 7.17. The molecule has 20 heavy (non-hydrogen) atoms. The lowest BCUT2D eigenvalue weighted by Crippen LogP contribution is -2.13. The molecule has 1 aliphatic heterocycles. The fourth-order valence-electron chi connectivity index (χ4n) is 3.79. The topological polar surface area (TPSA) is 0 Å². The van der Waals surface area contributed by atoms with E-state index in [1.807, 2.05) is 0 Å². The van der Waals surface area contributed by atoms with Gasteiger partial charge in [-0.25, -0.2) is 0 Å². The van der Waals surface area contributed by atoms with Crippen molar-refractivity contribution in [2.75, 3.05) is 0 Å². The second-order valence-electron chi connectivity index (χ2n) is 5.73. The normalized spacial score (nSPS) is 25.2. The molecule has 0 N–H and O–H groups in total. The van der Waals surface area contributed by atoms with Crippen LogP contribution in [0.4, 0.5) is 0 Å². The van der Waals surface area contributed by atoms with Gasteiger partial charge in [0.05, 0.1) is 0 Å². The van der Waals surface area contributed by atoms with Crippen LogP contribution in [0.1, 0.15) is 22.6 Å². The summed E-state index contributed by atoms with van der Waals surface area (Å²) in [5, 5.41) is 0.580. The van der Waals surface area contributed by atoms with Crippen molar-refractivity contribution >= 4 is 17.3 Å². The molecule has 2 unspecified atom stereocenters. The Bertz CT molecular complexity index is 782. The molecule has 0 fully saturated rings. The fourth-order valence-corrected chi connectivity index (χ4v) is 5.35. The third kappa shape index (κ3) is 1.34. The van der Waals surface area contributed by atoms with Crippen LogP contribution in [0.15, 0.2) is 71.2 Å². The Hall–Kier alpha value is -1.73. The summed E-state index contributed by atoms with van der Waals surface area (Å²) >= 11 is 2.05. The van der Waals surface area contributed by atoms with E-state index in [0.717, 1.165) is 6.42 Å². The highest BCUT2D eigenvalue weighted by Gasteiger charge is 2.39. The number of thioether (sulfide) groups is 1. The van der Waals surface area contributed by atoms with Gasteiger partial charge < -0.3 is 0 Å². The van der Waals surface area contributed by atoms with Crippen LogP contribution in [-0.2, 0) is 6.42 Å². The molecule has 0 radical (unpaired) electrons. The standard InChI is InChI=1S/C19H14S/c1-2-6-14-12(5-1)11-13-9-10-16-15-7-3-4-8-17(15)20-19(16)18(13)14/h1-10,16,19H,11H2. The molecule has 2 aromatic rings. The Balaban J connectivity index is 1.68. The molecule has 0 aromatic heterocycles. The zero-order valence-corrected chi connectivity index (χ0v) is 11.9. The van der Waals surface area contributed by atoms with E-state index in [4.69, 9.17) is 0 Å². The number of benzene rings is 2. The van der Waals surface area contributed by atoms with Crippen molar-refractivity contribution < 1.29 is 0 Å². The minimum Gasteiger partial charge on any atom is -0.117 e. The molecule has 3 aliphatic rings. The Morgan fingerprint density at radius 2 is 1.80 bits per heavy atom. The van der Waals surface area contributed by atoms with Gasteiger partial charge in [0.25, 0.3) is 0 Å². The van der Waals surface area contributed by atoms with Crippen molar-refractivity contribution in [1.29, 1.82) is 0 Å². The van der Waals surface area contributed by atoms with Crippen LogP contribution in [-0.4, -0.2) is 5.25 Å². The van der Waals surface area contributed by atoms with Gasteiger partial charge in [-0.05, 0) is 40.3 Å². The average Bonchev–Trinajstić information content (AvgIpc) is 3.04.